The van der Waals surface area contributed by atoms with Crippen LogP contribution in [0.5, 0.6) is 0 Å². The van der Waals surface area contributed by atoms with Crippen molar-refractivity contribution < 1.29 is 8.78 Å². The molecule has 5 rings (SSSR count). The van der Waals surface area contributed by atoms with Crippen LogP contribution in [0.25, 0.3) is 33.2 Å². The Morgan fingerprint density at radius 1 is 0.871 bits per heavy atom. The van der Waals surface area contributed by atoms with Gasteiger partial charge in [-0.15, -0.1) is 0 Å². The maximum absolute atomic E-state index is 14.1. The fraction of sp³-hybridized carbons (Fsp3) is 0.125. The molecule has 0 aliphatic rings. The molecule has 5 aromatic rings. The summed E-state index contributed by atoms with van der Waals surface area (Å²) in [5.41, 5.74) is 2.96. The Hall–Kier alpha value is -3.87. The van der Waals surface area contributed by atoms with Crippen LogP contribution >= 0.6 is 0 Å². The number of hydrogen-bond donors (Lipinski definition) is 2. The van der Waals surface area contributed by atoms with Crippen LogP contribution < -0.4 is 5.32 Å². The largest absolute Gasteiger partial charge is 0.322 e. The van der Waals surface area contributed by atoms with Gasteiger partial charge in [-0.05, 0) is 29.7 Å². The first-order chi connectivity index (χ1) is 15.0. The zero-order valence-electron chi connectivity index (χ0n) is 16.9. The third-order valence-corrected chi connectivity index (χ3v) is 5.25. The van der Waals surface area contributed by atoms with Crippen LogP contribution in [0.3, 0.4) is 0 Å². The summed E-state index contributed by atoms with van der Waals surface area (Å²) in [6, 6.07) is 17.7. The summed E-state index contributed by atoms with van der Waals surface area (Å²) in [4.78, 5) is 9.55. The van der Waals surface area contributed by atoms with E-state index in [2.05, 4.69) is 35.4 Å². The number of para-hydroxylation sites is 1. The highest BCUT2D eigenvalue weighted by Crippen LogP contribution is 2.33. The average molecular weight is 415 g/mol. The second-order valence-electron chi connectivity index (χ2n) is 7.66. The van der Waals surface area contributed by atoms with Crippen molar-refractivity contribution in [1.82, 2.24) is 20.2 Å². The van der Waals surface area contributed by atoms with Crippen LogP contribution in [-0.4, -0.2) is 20.2 Å². The van der Waals surface area contributed by atoms with E-state index in [4.69, 9.17) is 9.97 Å². The van der Waals surface area contributed by atoms with Crippen LogP contribution in [0.1, 0.15) is 25.3 Å². The van der Waals surface area contributed by atoms with Gasteiger partial charge in [-0.2, -0.15) is 5.10 Å². The number of hydrogen-bond acceptors (Lipinski definition) is 4. The van der Waals surface area contributed by atoms with Crippen molar-refractivity contribution >= 4 is 33.4 Å². The molecule has 0 aliphatic carbocycles. The summed E-state index contributed by atoms with van der Waals surface area (Å²) in [5, 5.41) is 11.0. The molecule has 154 valence electrons. The van der Waals surface area contributed by atoms with Gasteiger partial charge in [0.1, 0.15) is 17.2 Å². The van der Waals surface area contributed by atoms with Gasteiger partial charge >= 0.3 is 0 Å². The van der Waals surface area contributed by atoms with Crippen molar-refractivity contribution in [2.45, 2.75) is 19.8 Å². The Labute approximate surface area is 177 Å². The van der Waals surface area contributed by atoms with Gasteiger partial charge in [0, 0.05) is 17.0 Å². The van der Waals surface area contributed by atoms with E-state index in [9.17, 15) is 8.78 Å². The summed E-state index contributed by atoms with van der Waals surface area (Å²) in [6.45, 7) is 4.25. The first-order valence-electron chi connectivity index (χ1n) is 9.97. The van der Waals surface area contributed by atoms with Gasteiger partial charge in [0.05, 0.1) is 10.9 Å². The highest BCUT2D eigenvalue weighted by atomic mass is 19.1. The third-order valence-electron chi connectivity index (χ3n) is 5.25. The molecule has 3 aromatic carbocycles. The molecule has 0 unspecified atom stereocenters. The standard InChI is InChI=1S/C24H19F2N5/c1-13(2)15-7-3-4-8-16(15)22-27-20-10-6-5-9-17(20)23(28-22)29-24-18-11-14(25)12-19(26)21(18)30-31-24/h3-13H,1-2H3,(H2,27,28,29,30,31). The summed E-state index contributed by atoms with van der Waals surface area (Å²) >= 11 is 0. The average Bonchev–Trinajstić information content (AvgIpc) is 3.16. The van der Waals surface area contributed by atoms with Gasteiger partial charge in [0.25, 0.3) is 0 Å². The van der Waals surface area contributed by atoms with Crippen molar-refractivity contribution in [3.8, 4) is 11.4 Å². The summed E-state index contributed by atoms with van der Waals surface area (Å²) < 4.78 is 27.9. The van der Waals surface area contributed by atoms with Crippen LogP contribution in [0.4, 0.5) is 20.4 Å². The smallest absolute Gasteiger partial charge is 0.162 e. The molecule has 0 spiro atoms. The van der Waals surface area contributed by atoms with E-state index in [0.717, 1.165) is 28.1 Å². The molecule has 7 heteroatoms. The van der Waals surface area contributed by atoms with Crippen LogP contribution in [0, 0.1) is 11.6 Å². The van der Waals surface area contributed by atoms with Gasteiger partial charge in [-0.3, -0.25) is 5.10 Å². The maximum Gasteiger partial charge on any atom is 0.162 e. The number of nitrogens with zero attached hydrogens (tertiary/aromatic N) is 3. The van der Waals surface area contributed by atoms with E-state index >= 15 is 0 Å². The van der Waals surface area contributed by atoms with Crippen molar-refractivity contribution in [3.05, 3.63) is 77.9 Å². The molecule has 0 bridgehead atoms. The Kier molecular flexibility index (Phi) is 4.58. The van der Waals surface area contributed by atoms with E-state index in [1.54, 1.807) is 0 Å². The Bertz CT molecular complexity index is 1420. The lowest BCUT2D eigenvalue weighted by Crippen LogP contribution is -2.02. The van der Waals surface area contributed by atoms with Gasteiger partial charge in [0.2, 0.25) is 0 Å². The van der Waals surface area contributed by atoms with Gasteiger partial charge in [0.15, 0.2) is 17.5 Å². The zero-order valence-corrected chi connectivity index (χ0v) is 16.9. The molecule has 5 nitrogen and oxygen atoms in total. The number of rotatable bonds is 4. The summed E-state index contributed by atoms with van der Waals surface area (Å²) in [7, 11) is 0. The monoisotopic (exact) mass is 415 g/mol. The predicted octanol–water partition coefficient (Wildman–Crippen LogP) is 6.32. The maximum atomic E-state index is 14.1. The number of aromatic nitrogens is 4. The van der Waals surface area contributed by atoms with Crippen LogP contribution in [0.15, 0.2) is 60.7 Å². The molecule has 2 aromatic heterocycles. The SMILES string of the molecule is CC(C)c1ccccc1-c1nc(Nc2n[nH]c3c(F)cc(F)cc23)c2ccccc2n1. The number of halogens is 2. The second-order valence-corrected chi connectivity index (χ2v) is 7.66. The number of aromatic amines is 1. The second kappa shape index (κ2) is 7.43. The molecule has 2 heterocycles. The normalized spacial score (nSPS) is 11.5. The number of nitrogens with one attached hydrogen (secondary N) is 2. The lowest BCUT2D eigenvalue weighted by molar-refractivity contribution is 0.590. The highest BCUT2D eigenvalue weighted by molar-refractivity contribution is 5.97. The lowest BCUT2D eigenvalue weighted by atomic mass is 9.97. The first kappa shape index (κ1) is 19.1. The fourth-order valence-electron chi connectivity index (χ4n) is 3.75. The fourth-order valence-corrected chi connectivity index (χ4v) is 3.75. The van der Waals surface area contributed by atoms with E-state index in [1.165, 1.54) is 6.07 Å². The van der Waals surface area contributed by atoms with Crippen LogP contribution in [-0.2, 0) is 0 Å². The van der Waals surface area contributed by atoms with Gasteiger partial charge < -0.3 is 5.32 Å². The van der Waals surface area contributed by atoms with E-state index in [0.29, 0.717) is 28.8 Å². The molecule has 0 radical (unpaired) electrons. The van der Waals surface area contributed by atoms with Crippen molar-refractivity contribution in [3.63, 3.8) is 0 Å². The topological polar surface area (TPSA) is 66.5 Å². The van der Waals surface area contributed by atoms with E-state index < -0.39 is 11.6 Å². The van der Waals surface area contributed by atoms with E-state index in [-0.39, 0.29) is 5.52 Å². The van der Waals surface area contributed by atoms with Crippen LogP contribution in [0.2, 0.25) is 0 Å². The third kappa shape index (κ3) is 3.38. The number of anilines is 2. The molecule has 0 aliphatic heterocycles. The lowest BCUT2D eigenvalue weighted by Gasteiger charge is -2.14. The highest BCUT2D eigenvalue weighted by Gasteiger charge is 2.17. The predicted molar refractivity (Wildman–Crippen MR) is 118 cm³/mol. The molecule has 0 amide bonds. The molecule has 0 fully saturated rings. The summed E-state index contributed by atoms with van der Waals surface area (Å²) in [6.07, 6.45) is 0. The molecular weight excluding hydrogens is 396 g/mol. The first-order valence-corrected chi connectivity index (χ1v) is 9.97. The molecular formula is C24H19F2N5. The number of fused-ring (bicyclic) bond motifs is 2. The van der Waals surface area contributed by atoms with Crippen molar-refractivity contribution in [2.24, 2.45) is 0 Å². The summed E-state index contributed by atoms with van der Waals surface area (Å²) in [5.74, 6) is 0.299. The molecule has 0 saturated carbocycles. The molecule has 0 saturated heterocycles. The molecule has 31 heavy (non-hydrogen) atoms. The van der Waals surface area contributed by atoms with E-state index in [1.807, 2.05) is 42.5 Å². The zero-order chi connectivity index (χ0) is 21.5. The Morgan fingerprint density at radius 2 is 1.65 bits per heavy atom. The number of benzene rings is 3. The minimum absolute atomic E-state index is 0.132. The minimum Gasteiger partial charge on any atom is -0.322 e. The Morgan fingerprint density at radius 3 is 2.48 bits per heavy atom. The van der Waals surface area contributed by atoms with Crippen molar-refractivity contribution in [1.29, 1.82) is 0 Å². The number of H-pyrrole nitrogens is 1. The van der Waals surface area contributed by atoms with Gasteiger partial charge in [-0.25, -0.2) is 18.7 Å². The minimum atomic E-state index is -0.699. The van der Waals surface area contributed by atoms with Gasteiger partial charge in [-0.1, -0.05) is 50.2 Å². The van der Waals surface area contributed by atoms with Crippen molar-refractivity contribution in [2.75, 3.05) is 5.32 Å². The molecule has 2 N–H and O–H groups in total. The quantitative estimate of drug-likeness (QED) is 0.361. The molecule has 0 atom stereocenters. The Balaban J connectivity index is 1.70.